The van der Waals surface area contributed by atoms with Gasteiger partial charge in [0.15, 0.2) is 15.8 Å². The third-order valence-corrected chi connectivity index (χ3v) is 12.7. The van der Waals surface area contributed by atoms with Crippen LogP contribution in [0.4, 0.5) is 9.93 Å². The van der Waals surface area contributed by atoms with Crippen LogP contribution in [-0.4, -0.2) is 132 Å². The van der Waals surface area contributed by atoms with Crippen molar-refractivity contribution in [2.24, 2.45) is 0 Å². The average Bonchev–Trinajstić information content (AvgIpc) is 3.69. The Morgan fingerprint density at radius 2 is 1.69 bits per heavy atom. The molecular formula is C37H35N9O13S3. The number of β-lactam (4-membered cyclic amide) rings is 1. The molecule has 2 saturated heterocycles. The zero-order valence-electron chi connectivity index (χ0n) is 32.7. The molecule has 0 radical (unpaired) electrons. The fourth-order valence-corrected chi connectivity index (χ4v) is 9.76. The van der Waals surface area contributed by atoms with Gasteiger partial charge in [-0.3, -0.25) is 53.5 Å². The van der Waals surface area contributed by atoms with E-state index in [0.29, 0.717) is 9.24 Å². The molecular weight excluding hydrogens is 875 g/mol. The molecule has 0 aliphatic carbocycles. The van der Waals surface area contributed by atoms with E-state index in [1.54, 1.807) is 25.1 Å². The number of piperazine rings is 1. The van der Waals surface area contributed by atoms with Crippen LogP contribution in [0, 0.1) is 0 Å². The molecule has 0 bridgehead atoms. The van der Waals surface area contributed by atoms with Crippen molar-refractivity contribution >= 4 is 99.9 Å². The Labute approximate surface area is 363 Å². The van der Waals surface area contributed by atoms with E-state index in [1.165, 1.54) is 35.2 Å². The fraction of sp³-hybridized carbons (Fsp3) is 0.297. The van der Waals surface area contributed by atoms with Gasteiger partial charge in [-0.05, 0) is 36.3 Å². The van der Waals surface area contributed by atoms with Gasteiger partial charge in [-0.15, -0.1) is 22.0 Å². The number of benzene rings is 2. The molecule has 25 heteroatoms. The largest absolute Gasteiger partial charge is 0.477 e. The number of amides is 8. The molecule has 3 aromatic rings. The van der Waals surface area contributed by atoms with Crippen LogP contribution in [-0.2, 0) is 38.4 Å². The van der Waals surface area contributed by atoms with E-state index in [4.69, 9.17) is 9.47 Å². The minimum atomic E-state index is -2.16. The molecule has 0 spiro atoms. The lowest BCUT2D eigenvalue weighted by atomic mass is 9.94. The maximum absolute atomic E-state index is 14.1. The molecule has 1 unspecified atom stereocenters. The number of thioether (sulfide) groups is 2. The Balaban J connectivity index is 1.15. The first kappa shape index (κ1) is 44.7. The standard InChI is InChI=1S/C37H35N9O13S3/c1-4-44-12-13-45(30(53)29(44)52)35(57)39-25(20-8-6-5-7-9-20)28(51)41-37(38-17-47)32(56)46-26(31(54)55)22(15-60-33(37)46)16-61-36-43-42-34(62-36)40-27(50)21-10-11-23(58-18(2)48)24(14-21)59-19(3)49/h5-11,14,17,25,33H,4,12-13,15-16H2,1-3H3,(H,38,47)(H,39,57)(H,41,51)(H,54,55)(H,40,42,50)/t25?,33-,37+/m0/s1. The predicted octanol–water partition coefficient (Wildman–Crippen LogP) is 0.687. The number of urea groups is 1. The summed E-state index contributed by atoms with van der Waals surface area (Å²) in [6, 6.07) is 8.98. The van der Waals surface area contributed by atoms with Crippen LogP contribution in [0.3, 0.4) is 0 Å². The second-order valence-electron chi connectivity index (χ2n) is 13.3. The van der Waals surface area contributed by atoms with Crippen molar-refractivity contribution in [2.75, 3.05) is 36.5 Å². The summed E-state index contributed by atoms with van der Waals surface area (Å²) in [5.74, 6) is -7.75. The number of hydrogen-bond acceptors (Lipinski definition) is 17. The van der Waals surface area contributed by atoms with Crippen LogP contribution in [0.25, 0.3) is 0 Å². The van der Waals surface area contributed by atoms with E-state index < -0.39 is 76.3 Å². The molecule has 1 aromatic heterocycles. The number of hydrogen-bond donors (Lipinski definition) is 5. The van der Waals surface area contributed by atoms with Crippen LogP contribution in [0.5, 0.6) is 11.5 Å². The maximum Gasteiger partial charge on any atom is 0.352 e. The molecule has 8 amide bonds. The smallest absolute Gasteiger partial charge is 0.352 e. The third-order valence-electron chi connectivity index (χ3n) is 9.27. The minimum Gasteiger partial charge on any atom is -0.477 e. The number of carboxylic acids is 1. The first-order valence-electron chi connectivity index (χ1n) is 18.3. The predicted molar refractivity (Wildman–Crippen MR) is 217 cm³/mol. The van der Waals surface area contributed by atoms with E-state index in [1.807, 2.05) is 0 Å². The minimum absolute atomic E-state index is 0.00656. The second-order valence-corrected chi connectivity index (χ2v) is 16.5. The van der Waals surface area contributed by atoms with Gasteiger partial charge in [0.2, 0.25) is 23.1 Å². The highest BCUT2D eigenvalue weighted by molar-refractivity contribution is 8.02. The number of carbonyl (C=O) groups is 10. The molecule has 22 nitrogen and oxygen atoms in total. The van der Waals surface area contributed by atoms with Gasteiger partial charge >= 0.3 is 35.8 Å². The first-order valence-corrected chi connectivity index (χ1v) is 21.1. The van der Waals surface area contributed by atoms with Crippen molar-refractivity contribution in [3.05, 3.63) is 70.9 Å². The van der Waals surface area contributed by atoms with Gasteiger partial charge in [0.1, 0.15) is 17.1 Å². The normalized spacial score (nSPS) is 18.8. The number of aliphatic carboxylic acids is 1. The van der Waals surface area contributed by atoms with Gasteiger partial charge < -0.3 is 35.4 Å². The molecule has 3 aliphatic heterocycles. The molecule has 5 N–H and O–H groups in total. The molecule has 62 heavy (non-hydrogen) atoms. The highest BCUT2D eigenvalue weighted by Gasteiger charge is 2.66. The fourth-order valence-electron chi connectivity index (χ4n) is 6.45. The SMILES string of the molecule is CCN1CCN(C(=O)NC(C(=O)N[C@]2(NC=O)C(=O)N3C(C(=O)O)=C(CSc4nnc(NC(=O)c5ccc(OC(C)=O)c(OC(C)=O)c5)s4)CS[C@H]32)c2ccccc2)C(=O)C1=O. The van der Waals surface area contributed by atoms with E-state index in [9.17, 15) is 53.1 Å². The lowest BCUT2D eigenvalue weighted by Crippen LogP contribution is -2.85. The molecule has 4 heterocycles. The summed E-state index contributed by atoms with van der Waals surface area (Å²) >= 11 is 3.06. The molecule has 324 valence electrons. The lowest BCUT2D eigenvalue weighted by Gasteiger charge is -2.56. The van der Waals surface area contributed by atoms with Crippen molar-refractivity contribution < 1.29 is 62.5 Å². The molecule has 3 atom stereocenters. The third kappa shape index (κ3) is 9.23. The number of fused-ring (bicyclic) bond motifs is 1. The number of carboxylic acid groups (broad SMARTS) is 1. The number of carbonyl (C=O) groups excluding carboxylic acids is 9. The van der Waals surface area contributed by atoms with E-state index in [-0.39, 0.29) is 70.9 Å². The molecule has 2 aromatic carbocycles. The summed E-state index contributed by atoms with van der Waals surface area (Å²) in [5.41, 5.74) is -2.03. The number of ether oxygens (including phenoxy) is 2. The summed E-state index contributed by atoms with van der Waals surface area (Å²) in [6.07, 6.45) is 0.169. The van der Waals surface area contributed by atoms with Crippen LogP contribution < -0.4 is 30.7 Å². The molecule has 3 aliphatic rings. The summed E-state index contributed by atoms with van der Waals surface area (Å²) in [5, 5.41) is 27.1. The number of likely N-dealkylation sites (N-methyl/N-ethyl adjacent to an activating group) is 1. The Kier molecular flexibility index (Phi) is 13.6. The molecule has 0 saturated carbocycles. The van der Waals surface area contributed by atoms with Crippen molar-refractivity contribution in [1.82, 2.24) is 40.8 Å². The number of imide groups is 1. The first-order chi connectivity index (χ1) is 29.6. The van der Waals surface area contributed by atoms with Crippen LogP contribution >= 0.6 is 34.9 Å². The summed E-state index contributed by atoms with van der Waals surface area (Å²) < 4.78 is 10.4. The van der Waals surface area contributed by atoms with Gasteiger partial charge in [-0.1, -0.05) is 53.4 Å². The van der Waals surface area contributed by atoms with Gasteiger partial charge in [0.25, 0.3) is 11.8 Å². The van der Waals surface area contributed by atoms with Gasteiger partial charge in [0.05, 0.1) is 0 Å². The Bertz CT molecular complexity index is 2410. The van der Waals surface area contributed by atoms with Crippen molar-refractivity contribution in [2.45, 2.75) is 42.2 Å². The summed E-state index contributed by atoms with van der Waals surface area (Å²) in [6.45, 7) is 4.14. The maximum atomic E-state index is 14.1. The zero-order valence-corrected chi connectivity index (χ0v) is 35.1. The molecule has 2 fully saturated rings. The number of nitrogens with zero attached hydrogens (tertiary/aromatic N) is 5. The Morgan fingerprint density at radius 3 is 2.35 bits per heavy atom. The number of anilines is 1. The number of nitrogens with one attached hydrogen (secondary N) is 4. The zero-order chi connectivity index (χ0) is 44.9. The van der Waals surface area contributed by atoms with Gasteiger partial charge in [-0.25, -0.2) is 9.59 Å². The highest BCUT2D eigenvalue weighted by atomic mass is 32.2. The summed E-state index contributed by atoms with van der Waals surface area (Å²) in [4.78, 5) is 130. The van der Waals surface area contributed by atoms with Gasteiger partial charge in [0, 0.05) is 50.6 Å². The summed E-state index contributed by atoms with van der Waals surface area (Å²) in [7, 11) is 0. The van der Waals surface area contributed by atoms with E-state index >= 15 is 0 Å². The van der Waals surface area contributed by atoms with E-state index in [0.717, 1.165) is 53.6 Å². The van der Waals surface area contributed by atoms with E-state index in [2.05, 4.69) is 31.5 Å². The second kappa shape index (κ2) is 18.8. The van der Waals surface area contributed by atoms with Crippen molar-refractivity contribution in [3.8, 4) is 11.5 Å². The Morgan fingerprint density at radius 1 is 0.984 bits per heavy atom. The molecule has 6 rings (SSSR count). The lowest BCUT2D eigenvalue weighted by molar-refractivity contribution is -0.163. The van der Waals surface area contributed by atoms with Crippen LogP contribution in [0.2, 0.25) is 0 Å². The van der Waals surface area contributed by atoms with Crippen LogP contribution in [0.15, 0.2) is 64.1 Å². The Hall–Kier alpha value is -6.86. The number of rotatable bonds is 15. The number of esters is 2. The highest BCUT2D eigenvalue weighted by Crippen LogP contribution is 2.46. The number of aromatic nitrogens is 2. The monoisotopic (exact) mass is 909 g/mol. The van der Waals surface area contributed by atoms with Gasteiger partial charge in [-0.2, -0.15) is 0 Å². The van der Waals surface area contributed by atoms with Crippen molar-refractivity contribution in [1.29, 1.82) is 0 Å². The topological polar surface area (TPSA) is 293 Å². The van der Waals surface area contributed by atoms with Crippen molar-refractivity contribution in [3.63, 3.8) is 0 Å². The average molecular weight is 910 g/mol. The quantitative estimate of drug-likeness (QED) is 0.0205. The van der Waals surface area contributed by atoms with Crippen LogP contribution in [0.1, 0.15) is 42.7 Å².